The van der Waals surface area contributed by atoms with Crippen molar-refractivity contribution in [3.63, 3.8) is 0 Å². The molecule has 0 bridgehead atoms. The van der Waals surface area contributed by atoms with E-state index in [1.54, 1.807) is 12.5 Å². The molecule has 0 radical (unpaired) electrons. The number of aromatic amines is 1. The molecule has 6 nitrogen and oxygen atoms in total. The molecule has 2 rings (SSSR count). The summed E-state index contributed by atoms with van der Waals surface area (Å²) < 4.78 is 5.12. The van der Waals surface area contributed by atoms with E-state index in [0.29, 0.717) is 19.8 Å². The van der Waals surface area contributed by atoms with Gasteiger partial charge in [-0.2, -0.15) is 0 Å². The van der Waals surface area contributed by atoms with Crippen molar-refractivity contribution in [1.82, 2.24) is 15.3 Å². The molecule has 2 heterocycles. The van der Waals surface area contributed by atoms with Gasteiger partial charge in [0.05, 0.1) is 37.7 Å². The molecule has 2 unspecified atom stereocenters. The molecule has 0 aliphatic carbocycles. The number of hydrogen-bond donors (Lipinski definition) is 3. The number of ether oxygens (including phenoxy) is 1. The maximum absolute atomic E-state index is 11.6. The highest BCUT2D eigenvalue weighted by molar-refractivity contribution is 5.79. The zero-order valence-corrected chi connectivity index (χ0v) is 8.27. The molecule has 82 valence electrons. The van der Waals surface area contributed by atoms with Crippen LogP contribution in [-0.4, -0.2) is 35.1 Å². The number of nitrogens with one attached hydrogen (secondary N) is 2. The van der Waals surface area contributed by atoms with Crippen LogP contribution >= 0.6 is 0 Å². The second-order valence-electron chi connectivity index (χ2n) is 3.60. The molecule has 6 heteroatoms. The Morgan fingerprint density at radius 2 is 2.60 bits per heavy atom. The number of hydrogen-bond acceptors (Lipinski definition) is 4. The summed E-state index contributed by atoms with van der Waals surface area (Å²) >= 11 is 0. The van der Waals surface area contributed by atoms with E-state index in [2.05, 4.69) is 15.3 Å². The van der Waals surface area contributed by atoms with Gasteiger partial charge >= 0.3 is 0 Å². The lowest BCUT2D eigenvalue weighted by atomic mass is 10.0. The smallest absolute Gasteiger partial charge is 0.227 e. The van der Waals surface area contributed by atoms with Gasteiger partial charge in [0, 0.05) is 12.2 Å². The SMILES string of the molecule is NC1COCC1C(=O)NCc1cnc[nH]1. The number of H-pyrrole nitrogens is 1. The average Bonchev–Trinajstić information content (AvgIpc) is 2.84. The fourth-order valence-electron chi connectivity index (χ4n) is 1.54. The van der Waals surface area contributed by atoms with E-state index in [-0.39, 0.29) is 17.9 Å². The maximum atomic E-state index is 11.6. The summed E-state index contributed by atoms with van der Waals surface area (Å²) in [5.41, 5.74) is 6.59. The lowest BCUT2D eigenvalue weighted by Crippen LogP contribution is -2.40. The monoisotopic (exact) mass is 210 g/mol. The molecule has 0 aromatic carbocycles. The summed E-state index contributed by atoms with van der Waals surface area (Å²) in [6, 6.07) is -0.188. The molecule has 1 saturated heterocycles. The van der Waals surface area contributed by atoms with Crippen molar-refractivity contribution in [3.05, 3.63) is 18.2 Å². The van der Waals surface area contributed by atoms with Gasteiger partial charge in [-0.05, 0) is 0 Å². The molecule has 1 aliphatic rings. The molecular weight excluding hydrogens is 196 g/mol. The fourth-order valence-corrected chi connectivity index (χ4v) is 1.54. The van der Waals surface area contributed by atoms with E-state index in [1.165, 1.54) is 0 Å². The number of aromatic nitrogens is 2. The molecule has 15 heavy (non-hydrogen) atoms. The standard InChI is InChI=1S/C9H14N4O2/c10-8-4-15-3-7(8)9(14)12-2-6-1-11-5-13-6/h1,5,7-8H,2-4,10H2,(H,11,13)(H,12,14). The van der Waals surface area contributed by atoms with E-state index in [0.717, 1.165) is 5.69 Å². The number of carbonyl (C=O) groups excluding carboxylic acids is 1. The van der Waals surface area contributed by atoms with Gasteiger partial charge in [-0.3, -0.25) is 4.79 Å². The van der Waals surface area contributed by atoms with Gasteiger partial charge in [-0.15, -0.1) is 0 Å². The largest absolute Gasteiger partial charge is 0.379 e. The van der Waals surface area contributed by atoms with Crippen LogP contribution < -0.4 is 11.1 Å². The van der Waals surface area contributed by atoms with Crippen LogP contribution in [-0.2, 0) is 16.1 Å². The van der Waals surface area contributed by atoms with E-state index in [9.17, 15) is 4.79 Å². The highest BCUT2D eigenvalue weighted by Gasteiger charge is 2.30. The lowest BCUT2D eigenvalue weighted by molar-refractivity contribution is -0.125. The molecule has 2 atom stereocenters. The third-order valence-corrected chi connectivity index (χ3v) is 2.47. The molecule has 4 N–H and O–H groups in total. The van der Waals surface area contributed by atoms with Crippen molar-refractivity contribution in [2.24, 2.45) is 11.7 Å². The molecule has 1 aromatic heterocycles. The summed E-state index contributed by atoms with van der Waals surface area (Å²) in [5.74, 6) is -0.289. The Morgan fingerprint density at radius 1 is 1.73 bits per heavy atom. The zero-order chi connectivity index (χ0) is 10.7. The Morgan fingerprint density at radius 3 is 3.20 bits per heavy atom. The summed E-state index contributed by atoms with van der Waals surface area (Å²) in [5, 5.41) is 2.79. The van der Waals surface area contributed by atoms with Crippen molar-refractivity contribution in [2.45, 2.75) is 12.6 Å². The topological polar surface area (TPSA) is 93.0 Å². The minimum absolute atomic E-state index is 0.0606. The van der Waals surface area contributed by atoms with Crippen LogP contribution in [0.4, 0.5) is 0 Å². The number of carbonyl (C=O) groups is 1. The zero-order valence-electron chi connectivity index (χ0n) is 8.27. The van der Waals surface area contributed by atoms with Gasteiger partial charge in [0.1, 0.15) is 0 Å². The number of nitrogens with two attached hydrogens (primary N) is 1. The number of rotatable bonds is 3. The normalized spacial score (nSPS) is 25.4. The van der Waals surface area contributed by atoms with Crippen LogP contribution in [0.5, 0.6) is 0 Å². The Kier molecular flexibility index (Phi) is 2.98. The second-order valence-corrected chi connectivity index (χ2v) is 3.60. The van der Waals surface area contributed by atoms with Crippen molar-refractivity contribution in [2.75, 3.05) is 13.2 Å². The van der Waals surface area contributed by atoms with Gasteiger partial charge in [0.25, 0.3) is 0 Å². The first-order valence-corrected chi connectivity index (χ1v) is 4.85. The van der Waals surface area contributed by atoms with E-state index < -0.39 is 0 Å². The van der Waals surface area contributed by atoms with Gasteiger partial charge in [-0.25, -0.2) is 4.98 Å². The molecule has 0 saturated carbocycles. The van der Waals surface area contributed by atoms with Crippen LogP contribution in [0.25, 0.3) is 0 Å². The maximum Gasteiger partial charge on any atom is 0.227 e. The van der Waals surface area contributed by atoms with Crippen LogP contribution in [0.2, 0.25) is 0 Å². The molecule has 1 aliphatic heterocycles. The van der Waals surface area contributed by atoms with Crippen LogP contribution in [0, 0.1) is 5.92 Å². The van der Waals surface area contributed by atoms with Crippen LogP contribution in [0.3, 0.4) is 0 Å². The third kappa shape index (κ3) is 2.34. The van der Waals surface area contributed by atoms with Gasteiger partial charge in [-0.1, -0.05) is 0 Å². The van der Waals surface area contributed by atoms with Crippen LogP contribution in [0.15, 0.2) is 12.5 Å². The lowest BCUT2D eigenvalue weighted by Gasteiger charge is -2.12. The van der Waals surface area contributed by atoms with Crippen molar-refractivity contribution in [1.29, 1.82) is 0 Å². The number of nitrogens with zero attached hydrogens (tertiary/aromatic N) is 1. The van der Waals surface area contributed by atoms with Crippen LogP contribution in [0.1, 0.15) is 5.69 Å². The Hall–Kier alpha value is -1.40. The Balaban J connectivity index is 1.82. The van der Waals surface area contributed by atoms with Gasteiger partial charge in [0.15, 0.2) is 0 Å². The Bertz CT molecular complexity index is 325. The van der Waals surface area contributed by atoms with Crippen molar-refractivity contribution < 1.29 is 9.53 Å². The highest BCUT2D eigenvalue weighted by Crippen LogP contribution is 2.11. The summed E-state index contributed by atoms with van der Waals surface area (Å²) in [7, 11) is 0. The number of imidazole rings is 1. The first-order valence-electron chi connectivity index (χ1n) is 4.85. The third-order valence-electron chi connectivity index (χ3n) is 2.47. The first kappa shape index (κ1) is 10.1. The van der Waals surface area contributed by atoms with E-state index in [4.69, 9.17) is 10.5 Å². The highest BCUT2D eigenvalue weighted by atomic mass is 16.5. The summed E-state index contributed by atoms with van der Waals surface area (Å²) in [6.07, 6.45) is 3.25. The summed E-state index contributed by atoms with van der Waals surface area (Å²) in [6.45, 7) is 1.32. The first-order chi connectivity index (χ1) is 7.27. The predicted molar refractivity (Wildman–Crippen MR) is 52.7 cm³/mol. The van der Waals surface area contributed by atoms with Crippen molar-refractivity contribution >= 4 is 5.91 Å². The Labute approximate surface area is 87.2 Å². The second kappa shape index (κ2) is 4.41. The van der Waals surface area contributed by atoms with E-state index >= 15 is 0 Å². The van der Waals surface area contributed by atoms with Crippen molar-refractivity contribution in [3.8, 4) is 0 Å². The fraction of sp³-hybridized carbons (Fsp3) is 0.556. The summed E-state index contributed by atoms with van der Waals surface area (Å²) in [4.78, 5) is 18.4. The minimum atomic E-state index is -0.229. The molecular formula is C9H14N4O2. The minimum Gasteiger partial charge on any atom is -0.379 e. The predicted octanol–water partition coefficient (Wildman–Crippen LogP) is -1.00. The quantitative estimate of drug-likeness (QED) is 0.596. The molecule has 0 spiro atoms. The number of amides is 1. The van der Waals surface area contributed by atoms with E-state index in [1.807, 2.05) is 0 Å². The van der Waals surface area contributed by atoms with Gasteiger partial charge < -0.3 is 20.8 Å². The molecule has 1 fully saturated rings. The molecule has 1 aromatic rings. The van der Waals surface area contributed by atoms with Gasteiger partial charge in [0.2, 0.25) is 5.91 Å². The molecule has 1 amide bonds. The average molecular weight is 210 g/mol.